The van der Waals surface area contributed by atoms with Crippen LogP contribution in [0.15, 0.2) is 18.3 Å². The Labute approximate surface area is 126 Å². The summed E-state index contributed by atoms with van der Waals surface area (Å²) >= 11 is 0. The minimum absolute atomic E-state index is 0.244. The number of nitrogens with two attached hydrogens (primary N) is 1. The molecule has 1 fully saturated rings. The van der Waals surface area contributed by atoms with Crippen LogP contribution in [-0.4, -0.2) is 62.0 Å². The Morgan fingerprint density at radius 3 is 2.43 bits per heavy atom. The molecular weight excluding hydrogens is 288 g/mol. The summed E-state index contributed by atoms with van der Waals surface area (Å²) in [6.07, 6.45) is 1.79. The van der Waals surface area contributed by atoms with Crippen LogP contribution in [0.3, 0.4) is 0 Å². The van der Waals surface area contributed by atoms with Crippen molar-refractivity contribution in [2.75, 3.05) is 49.1 Å². The van der Waals surface area contributed by atoms with Crippen molar-refractivity contribution in [3.05, 3.63) is 18.3 Å². The van der Waals surface area contributed by atoms with E-state index in [1.54, 1.807) is 26.1 Å². The number of sulfone groups is 1. The molecule has 0 unspecified atom stereocenters. The number of rotatable bonds is 5. The Balaban J connectivity index is 1.82. The monoisotopic (exact) mass is 312 g/mol. The van der Waals surface area contributed by atoms with E-state index in [1.807, 2.05) is 6.07 Å². The molecule has 6 nitrogen and oxygen atoms in total. The number of anilines is 2. The van der Waals surface area contributed by atoms with Gasteiger partial charge in [-0.2, -0.15) is 0 Å². The standard InChI is InChI=1S/C14H24N4O2S/c1-12(2)21(19,20)10-9-17-5-7-18(8-6-17)13-3-4-14(15)16-11-13/h3-4,11-12H,5-10H2,1-2H3,(H2,15,16). The maximum atomic E-state index is 11.8. The number of hydrogen-bond donors (Lipinski definition) is 1. The van der Waals surface area contributed by atoms with E-state index < -0.39 is 9.84 Å². The van der Waals surface area contributed by atoms with E-state index in [1.165, 1.54) is 0 Å². The SMILES string of the molecule is CC(C)S(=O)(=O)CCN1CCN(c2ccc(N)nc2)CC1. The molecule has 0 aliphatic carbocycles. The van der Waals surface area contributed by atoms with Crippen molar-refractivity contribution in [2.45, 2.75) is 19.1 Å². The maximum absolute atomic E-state index is 11.8. The molecule has 1 saturated heterocycles. The van der Waals surface area contributed by atoms with Crippen molar-refractivity contribution in [3.8, 4) is 0 Å². The first kappa shape index (κ1) is 16.0. The lowest BCUT2D eigenvalue weighted by Crippen LogP contribution is -2.48. The fourth-order valence-corrected chi connectivity index (χ4v) is 3.29. The second-order valence-corrected chi connectivity index (χ2v) is 8.36. The highest BCUT2D eigenvalue weighted by molar-refractivity contribution is 7.92. The third kappa shape index (κ3) is 4.31. The summed E-state index contributed by atoms with van der Waals surface area (Å²) in [5.41, 5.74) is 6.66. The van der Waals surface area contributed by atoms with Crippen LogP contribution in [0.5, 0.6) is 0 Å². The fourth-order valence-electron chi connectivity index (χ4n) is 2.31. The minimum atomic E-state index is -2.95. The predicted molar refractivity (Wildman–Crippen MR) is 86.2 cm³/mol. The van der Waals surface area contributed by atoms with Crippen molar-refractivity contribution < 1.29 is 8.42 Å². The highest BCUT2D eigenvalue weighted by Gasteiger charge is 2.21. The van der Waals surface area contributed by atoms with Crippen molar-refractivity contribution in [3.63, 3.8) is 0 Å². The third-order valence-corrected chi connectivity index (χ3v) is 6.11. The van der Waals surface area contributed by atoms with Gasteiger partial charge in [-0.25, -0.2) is 13.4 Å². The smallest absolute Gasteiger partial charge is 0.153 e. The van der Waals surface area contributed by atoms with Gasteiger partial charge in [0.25, 0.3) is 0 Å². The second kappa shape index (κ2) is 6.62. The van der Waals surface area contributed by atoms with Crippen molar-refractivity contribution in [1.29, 1.82) is 0 Å². The summed E-state index contributed by atoms with van der Waals surface area (Å²) in [5, 5.41) is -0.292. The molecule has 0 radical (unpaired) electrons. The van der Waals surface area contributed by atoms with Gasteiger partial charge in [-0.05, 0) is 26.0 Å². The van der Waals surface area contributed by atoms with Crippen LogP contribution in [0.25, 0.3) is 0 Å². The molecule has 0 bridgehead atoms. The van der Waals surface area contributed by atoms with Gasteiger partial charge in [-0.1, -0.05) is 0 Å². The molecule has 0 spiro atoms. The summed E-state index contributed by atoms with van der Waals surface area (Å²) in [7, 11) is -2.95. The lowest BCUT2D eigenvalue weighted by molar-refractivity contribution is 0.271. The summed E-state index contributed by atoms with van der Waals surface area (Å²) in [5.74, 6) is 0.768. The number of aromatic nitrogens is 1. The summed E-state index contributed by atoms with van der Waals surface area (Å²) in [6, 6.07) is 3.78. The van der Waals surface area contributed by atoms with Gasteiger partial charge >= 0.3 is 0 Å². The fraction of sp³-hybridized carbons (Fsp3) is 0.643. The van der Waals surface area contributed by atoms with Gasteiger partial charge in [-0.3, -0.25) is 4.90 Å². The molecule has 21 heavy (non-hydrogen) atoms. The molecule has 0 atom stereocenters. The molecule has 1 aromatic rings. The van der Waals surface area contributed by atoms with Gasteiger partial charge in [0.15, 0.2) is 9.84 Å². The molecule has 118 valence electrons. The predicted octanol–water partition coefficient (Wildman–Crippen LogP) is 0.609. The Kier molecular flexibility index (Phi) is 5.05. The molecule has 0 aromatic carbocycles. The summed E-state index contributed by atoms with van der Waals surface area (Å²) in [6.45, 7) is 7.60. The Morgan fingerprint density at radius 2 is 1.90 bits per heavy atom. The zero-order valence-corrected chi connectivity index (χ0v) is 13.5. The molecule has 2 rings (SSSR count). The normalized spacial score (nSPS) is 17.4. The molecule has 2 N–H and O–H groups in total. The quantitative estimate of drug-likeness (QED) is 0.858. The highest BCUT2D eigenvalue weighted by Crippen LogP contribution is 2.16. The second-order valence-electron chi connectivity index (χ2n) is 5.69. The third-order valence-electron chi connectivity index (χ3n) is 3.92. The molecule has 0 saturated carbocycles. The Morgan fingerprint density at radius 1 is 1.24 bits per heavy atom. The average molecular weight is 312 g/mol. The minimum Gasteiger partial charge on any atom is -0.384 e. The van der Waals surface area contributed by atoms with E-state index >= 15 is 0 Å². The van der Waals surface area contributed by atoms with E-state index in [-0.39, 0.29) is 11.0 Å². The van der Waals surface area contributed by atoms with Crippen molar-refractivity contribution in [2.24, 2.45) is 0 Å². The van der Waals surface area contributed by atoms with Crippen LogP contribution in [0.2, 0.25) is 0 Å². The zero-order chi connectivity index (χ0) is 15.5. The molecule has 1 aliphatic heterocycles. The molecule has 2 heterocycles. The first-order valence-corrected chi connectivity index (χ1v) is 9.00. The number of hydrogen-bond acceptors (Lipinski definition) is 6. The zero-order valence-electron chi connectivity index (χ0n) is 12.7. The number of piperazine rings is 1. The van der Waals surface area contributed by atoms with Gasteiger partial charge in [0.05, 0.1) is 22.9 Å². The van der Waals surface area contributed by atoms with Crippen LogP contribution >= 0.6 is 0 Å². The van der Waals surface area contributed by atoms with Crippen LogP contribution in [0.1, 0.15) is 13.8 Å². The van der Waals surface area contributed by atoms with Crippen molar-refractivity contribution in [1.82, 2.24) is 9.88 Å². The van der Waals surface area contributed by atoms with E-state index in [2.05, 4.69) is 14.8 Å². The van der Waals surface area contributed by atoms with Gasteiger partial charge in [0.1, 0.15) is 5.82 Å². The van der Waals surface area contributed by atoms with Crippen LogP contribution in [0, 0.1) is 0 Å². The number of nitrogen functional groups attached to an aromatic ring is 1. The topological polar surface area (TPSA) is 79.5 Å². The lowest BCUT2D eigenvalue weighted by Gasteiger charge is -2.35. The van der Waals surface area contributed by atoms with Crippen LogP contribution in [0.4, 0.5) is 11.5 Å². The number of pyridine rings is 1. The highest BCUT2D eigenvalue weighted by atomic mass is 32.2. The molecular formula is C14H24N4O2S. The average Bonchev–Trinajstić information content (AvgIpc) is 2.46. The lowest BCUT2D eigenvalue weighted by atomic mass is 10.2. The first-order chi connectivity index (χ1) is 9.88. The van der Waals surface area contributed by atoms with E-state index in [0.717, 1.165) is 31.9 Å². The van der Waals surface area contributed by atoms with Crippen LogP contribution < -0.4 is 10.6 Å². The molecule has 1 aromatic heterocycles. The first-order valence-electron chi connectivity index (χ1n) is 7.29. The summed E-state index contributed by atoms with van der Waals surface area (Å²) < 4.78 is 23.7. The van der Waals surface area contributed by atoms with Gasteiger partial charge < -0.3 is 10.6 Å². The van der Waals surface area contributed by atoms with E-state index in [0.29, 0.717) is 12.4 Å². The summed E-state index contributed by atoms with van der Waals surface area (Å²) in [4.78, 5) is 8.56. The van der Waals surface area contributed by atoms with E-state index in [4.69, 9.17) is 5.73 Å². The largest absolute Gasteiger partial charge is 0.384 e. The van der Waals surface area contributed by atoms with Crippen molar-refractivity contribution >= 4 is 21.3 Å². The van der Waals surface area contributed by atoms with Gasteiger partial charge in [0, 0.05) is 32.7 Å². The van der Waals surface area contributed by atoms with Gasteiger partial charge in [0.2, 0.25) is 0 Å². The van der Waals surface area contributed by atoms with Gasteiger partial charge in [-0.15, -0.1) is 0 Å². The number of nitrogens with zero attached hydrogens (tertiary/aromatic N) is 3. The molecule has 1 aliphatic rings. The van der Waals surface area contributed by atoms with E-state index in [9.17, 15) is 8.42 Å². The molecule has 7 heteroatoms. The maximum Gasteiger partial charge on any atom is 0.153 e. The Hall–Kier alpha value is -1.34. The molecule has 0 amide bonds. The van der Waals surface area contributed by atoms with Crippen LogP contribution in [-0.2, 0) is 9.84 Å². The Bertz CT molecular complexity index is 549.